The van der Waals surface area contributed by atoms with Crippen molar-refractivity contribution in [1.82, 2.24) is 0 Å². The van der Waals surface area contributed by atoms with E-state index in [0.717, 1.165) is 22.9 Å². The Balaban J connectivity index is 2.36. The topological polar surface area (TPSA) is 26.0 Å². The van der Waals surface area contributed by atoms with Crippen LogP contribution < -0.4 is 5.73 Å². The van der Waals surface area contributed by atoms with Crippen molar-refractivity contribution in [3.63, 3.8) is 0 Å². The van der Waals surface area contributed by atoms with Gasteiger partial charge in [0, 0.05) is 16.4 Å². The minimum absolute atomic E-state index is 0.126. The normalized spacial score (nSPS) is 20.5. The monoisotopic (exact) mass is 299 g/mol. The van der Waals surface area contributed by atoms with Crippen LogP contribution in [0.2, 0.25) is 0 Å². The summed E-state index contributed by atoms with van der Waals surface area (Å²) in [5, 5.41) is 0. The average Bonchev–Trinajstić information content (AvgIpc) is 2.78. The molecule has 1 aliphatic carbocycles. The molecule has 0 spiro atoms. The van der Waals surface area contributed by atoms with Gasteiger partial charge in [-0.1, -0.05) is 40.9 Å². The molecule has 2 rings (SSSR count). The lowest BCUT2D eigenvalue weighted by Gasteiger charge is -2.28. The van der Waals surface area contributed by atoms with Crippen LogP contribution in [-0.2, 0) is 5.41 Å². The summed E-state index contributed by atoms with van der Waals surface area (Å²) in [4.78, 5) is 0. The Kier molecular flexibility index (Phi) is 3.88. The van der Waals surface area contributed by atoms with Crippen molar-refractivity contribution in [1.29, 1.82) is 0 Å². The Bertz CT molecular complexity index is 397. The maximum absolute atomic E-state index is 13.3. The molecule has 0 aromatic heterocycles. The van der Waals surface area contributed by atoms with Crippen LogP contribution in [0.4, 0.5) is 4.39 Å². The molecule has 1 saturated carbocycles. The third kappa shape index (κ3) is 2.41. The Morgan fingerprint density at radius 1 is 1.41 bits per heavy atom. The lowest BCUT2D eigenvalue weighted by Crippen LogP contribution is -2.32. The molecule has 1 unspecified atom stereocenters. The van der Waals surface area contributed by atoms with Crippen molar-refractivity contribution in [3.05, 3.63) is 33.8 Å². The van der Waals surface area contributed by atoms with Gasteiger partial charge in [0.25, 0.3) is 0 Å². The highest BCUT2D eigenvalue weighted by molar-refractivity contribution is 9.10. The highest BCUT2D eigenvalue weighted by Gasteiger charge is 2.34. The van der Waals surface area contributed by atoms with Crippen LogP contribution in [0.3, 0.4) is 0 Å². The predicted octanol–water partition coefficient (Wildman–Crippen LogP) is 4.25. The number of hydrogen-bond donors (Lipinski definition) is 1. The van der Waals surface area contributed by atoms with Gasteiger partial charge in [-0.25, -0.2) is 4.39 Å². The van der Waals surface area contributed by atoms with Gasteiger partial charge in [-0.05, 0) is 37.0 Å². The second kappa shape index (κ2) is 5.07. The molecule has 1 nitrogen and oxygen atoms in total. The van der Waals surface area contributed by atoms with E-state index in [9.17, 15) is 4.39 Å². The van der Waals surface area contributed by atoms with Gasteiger partial charge in [-0.3, -0.25) is 0 Å². The van der Waals surface area contributed by atoms with Crippen molar-refractivity contribution in [3.8, 4) is 0 Å². The Morgan fingerprint density at radius 3 is 2.53 bits per heavy atom. The van der Waals surface area contributed by atoms with Crippen molar-refractivity contribution >= 4 is 15.9 Å². The van der Waals surface area contributed by atoms with E-state index in [2.05, 4.69) is 22.0 Å². The van der Waals surface area contributed by atoms with Gasteiger partial charge in [0.15, 0.2) is 0 Å². The molecule has 0 radical (unpaired) electrons. The molecule has 2 N–H and O–H groups in total. The van der Waals surface area contributed by atoms with Crippen LogP contribution in [0.15, 0.2) is 22.7 Å². The molecule has 0 saturated heterocycles. The van der Waals surface area contributed by atoms with Crippen LogP contribution in [0.5, 0.6) is 0 Å². The average molecular weight is 300 g/mol. The van der Waals surface area contributed by atoms with Crippen LogP contribution in [0, 0.1) is 0 Å². The van der Waals surface area contributed by atoms with E-state index in [1.807, 2.05) is 12.1 Å². The summed E-state index contributed by atoms with van der Waals surface area (Å²) >= 11 is 3.47. The number of benzene rings is 1. The number of hydrogen-bond acceptors (Lipinski definition) is 1. The summed E-state index contributed by atoms with van der Waals surface area (Å²) in [5.74, 6) is 0. The maximum Gasteiger partial charge on any atom is 0.123 e. The SMILES string of the molecule is CC(F)c1ccc(C2(CN)CCCC2)cc1Br. The lowest BCUT2D eigenvalue weighted by molar-refractivity contribution is 0.372. The van der Waals surface area contributed by atoms with E-state index in [1.165, 1.54) is 18.4 Å². The van der Waals surface area contributed by atoms with Crippen LogP contribution >= 0.6 is 15.9 Å². The van der Waals surface area contributed by atoms with E-state index >= 15 is 0 Å². The molecule has 0 aliphatic heterocycles. The first-order chi connectivity index (χ1) is 8.09. The van der Waals surface area contributed by atoms with Gasteiger partial charge in [0.1, 0.15) is 6.17 Å². The number of alkyl halides is 1. The minimum Gasteiger partial charge on any atom is -0.330 e. The number of rotatable bonds is 3. The molecule has 1 fully saturated rings. The summed E-state index contributed by atoms with van der Waals surface area (Å²) < 4.78 is 14.2. The van der Waals surface area contributed by atoms with Crippen LogP contribution in [0.25, 0.3) is 0 Å². The minimum atomic E-state index is -0.934. The summed E-state index contributed by atoms with van der Waals surface area (Å²) in [5.41, 5.74) is 8.06. The Labute approximate surface area is 111 Å². The fourth-order valence-electron chi connectivity index (χ4n) is 2.84. The van der Waals surface area contributed by atoms with Gasteiger partial charge in [0.2, 0.25) is 0 Å². The molecule has 0 heterocycles. The second-order valence-electron chi connectivity index (χ2n) is 5.04. The van der Waals surface area contributed by atoms with E-state index < -0.39 is 6.17 Å². The molecule has 1 aliphatic rings. The highest BCUT2D eigenvalue weighted by atomic mass is 79.9. The fraction of sp³-hybridized carbons (Fsp3) is 0.571. The zero-order valence-corrected chi connectivity index (χ0v) is 11.8. The van der Waals surface area contributed by atoms with E-state index in [1.54, 1.807) is 6.92 Å². The second-order valence-corrected chi connectivity index (χ2v) is 5.90. The van der Waals surface area contributed by atoms with E-state index in [0.29, 0.717) is 6.54 Å². The summed E-state index contributed by atoms with van der Waals surface area (Å²) in [6.45, 7) is 2.25. The first-order valence-corrected chi connectivity index (χ1v) is 7.02. The molecule has 1 aromatic rings. The quantitative estimate of drug-likeness (QED) is 0.887. The van der Waals surface area contributed by atoms with E-state index in [-0.39, 0.29) is 5.41 Å². The van der Waals surface area contributed by atoms with Crippen LogP contribution in [0.1, 0.15) is 49.9 Å². The van der Waals surface area contributed by atoms with Gasteiger partial charge in [-0.2, -0.15) is 0 Å². The molecule has 94 valence electrons. The predicted molar refractivity (Wildman–Crippen MR) is 72.9 cm³/mol. The molecule has 3 heteroatoms. The Morgan fingerprint density at radius 2 is 2.06 bits per heavy atom. The summed E-state index contributed by atoms with van der Waals surface area (Å²) in [6, 6.07) is 6.00. The fourth-order valence-corrected chi connectivity index (χ4v) is 3.54. The molecule has 1 aromatic carbocycles. The Hall–Kier alpha value is -0.410. The van der Waals surface area contributed by atoms with Crippen molar-refractivity contribution in [2.24, 2.45) is 5.73 Å². The van der Waals surface area contributed by atoms with Gasteiger partial charge in [0.05, 0.1) is 0 Å². The zero-order chi connectivity index (χ0) is 12.5. The molecule has 0 amide bonds. The van der Waals surface area contributed by atoms with Crippen LogP contribution in [-0.4, -0.2) is 6.54 Å². The van der Waals surface area contributed by atoms with Crippen molar-refractivity contribution < 1.29 is 4.39 Å². The first kappa shape index (κ1) is 13.0. The van der Waals surface area contributed by atoms with Gasteiger partial charge >= 0.3 is 0 Å². The zero-order valence-electron chi connectivity index (χ0n) is 10.2. The van der Waals surface area contributed by atoms with Crippen molar-refractivity contribution in [2.75, 3.05) is 6.54 Å². The lowest BCUT2D eigenvalue weighted by atomic mass is 9.78. The van der Waals surface area contributed by atoms with Gasteiger partial charge in [-0.15, -0.1) is 0 Å². The standard InChI is InChI=1S/C14H19BrFN/c1-10(16)12-5-4-11(8-13(12)15)14(9-17)6-2-3-7-14/h4-5,8,10H,2-3,6-7,9,17H2,1H3. The van der Waals surface area contributed by atoms with Gasteiger partial charge < -0.3 is 5.73 Å². The third-order valence-corrected chi connectivity index (χ3v) is 4.68. The number of nitrogens with two attached hydrogens (primary N) is 1. The number of halogens is 2. The summed E-state index contributed by atoms with van der Waals surface area (Å²) in [6.07, 6.45) is 3.86. The van der Waals surface area contributed by atoms with E-state index in [4.69, 9.17) is 5.73 Å². The van der Waals surface area contributed by atoms with Crippen molar-refractivity contribution in [2.45, 2.75) is 44.2 Å². The molecule has 1 atom stereocenters. The summed E-state index contributed by atoms with van der Waals surface area (Å²) in [7, 11) is 0. The maximum atomic E-state index is 13.3. The molecule has 17 heavy (non-hydrogen) atoms. The molecular weight excluding hydrogens is 281 g/mol. The third-order valence-electron chi connectivity index (χ3n) is 3.99. The molecular formula is C14H19BrFN. The highest BCUT2D eigenvalue weighted by Crippen LogP contribution is 2.42. The largest absolute Gasteiger partial charge is 0.330 e. The molecule has 0 bridgehead atoms. The smallest absolute Gasteiger partial charge is 0.123 e. The first-order valence-electron chi connectivity index (χ1n) is 6.23.